The third-order valence-electron chi connectivity index (χ3n) is 4.41. The lowest BCUT2D eigenvalue weighted by Gasteiger charge is -2.35. The van der Waals surface area contributed by atoms with Gasteiger partial charge in [-0.15, -0.1) is 0 Å². The lowest BCUT2D eigenvalue weighted by molar-refractivity contribution is 0.288. The van der Waals surface area contributed by atoms with Gasteiger partial charge < -0.3 is 5.32 Å². The van der Waals surface area contributed by atoms with E-state index < -0.39 is 0 Å². The van der Waals surface area contributed by atoms with E-state index in [9.17, 15) is 0 Å². The smallest absolute Gasteiger partial charge is 0.0444 e. The first-order chi connectivity index (χ1) is 8.36. The molecule has 1 aliphatic carbocycles. The molecular weight excluding hydrogens is 230 g/mol. The predicted octanol–water partition coefficient (Wildman–Crippen LogP) is 4.11. The molecule has 0 amide bonds. The lowest BCUT2D eigenvalue weighted by atomic mass is 9.74. The van der Waals surface area contributed by atoms with Crippen molar-refractivity contribution in [2.45, 2.75) is 44.6 Å². The molecule has 1 N–H and O–H groups in total. The van der Waals surface area contributed by atoms with E-state index >= 15 is 0 Å². The molecule has 1 fully saturated rings. The number of rotatable bonds is 1. The summed E-state index contributed by atoms with van der Waals surface area (Å²) in [6, 6.07) is 6.36. The van der Waals surface area contributed by atoms with Crippen LogP contribution in [0.25, 0.3) is 0 Å². The monoisotopic (exact) mass is 249 g/mol. The number of nitrogens with one attached hydrogen (secondary N) is 1. The van der Waals surface area contributed by atoms with Crippen LogP contribution < -0.4 is 5.32 Å². The van der Waals surface area contributed by atoms with Crippen LogP contribution >= 0.6 is 11.6 Å². The maximum Gasteiger partial charge on any atom is 0.0444 e. The van der Waals surface area contributed by atoms with E-state index in [1.807, 2.05) is 0 Å². The fourth-order valence-electron chi connectivity index (χ4n) is 3.55. The van der Waals surface area contributed by atoms with Crippen molar-refractivity contribution in [2.24, 2.45) is 5.92 Å². The van der Waals surface area contributed by atoms with Gasteiger partial charge in [-0.3, -0.25) is 0 Å². The zero-order valence-electron chi connectivity index (χ0n) is 10.2. The Morgan fingerprint density at radius 1 is 1.12 bits per heavy atom. The summed E-state index contributed by atoms with van der Waals surface area (Å²) in [6.45, 7) is 2.10. The van der Waals surface area contributed by atoms with Gasteiger partial charge in [-0.25, -0.2) is 0 Å². The van der Waals surface area contributed by atoms with Crippen LogP contribution in [0.5, 0.6) is 0 Å². The van der Waals surface area contributed by atoms with Gasteiger partial charge in [0.25, 0.3) is 0 Å². The molecule has 1 aromatic carbocycles. The van der Waals surface area contributed by atoms with Crippen LogP contribution in [0.15, 0.2) is 18.2 Å². The molecule has 1 aliphatic heterocycles. The largest absolute Gasteiger partial charge is 0.312 e. The van der Waals surface area contributed by atoms with E-state index in [4.69, 9.17) is 11.6 Å². The van der Waals surface area contributed by atoms with E-state index in [0.29, 0.717) is 5.92 Å². The minimum atomic E-state index is 0.646. The lowest BCUT2D eigenvalue weighted by Crippen LogP contribution is -2.33. The fourth-order valence-corrected chi connectivity index (χ4v) is 3.89. The highest BCUT2D eigenvalue weighted by molar-refractivity contribution is 6.31. The van der Waals surface area contributed by atoms with Crippen LogP contribution in [0.1, 0.15) is 49.1 Å². The van der Waals surface area contributed by atoms with Gasteiger partial charge in [0.15, 0.2) is 0 Å². The van der Waals surface area contributed by atoms with Crippen LogP contribution in [0.4, 0.5) is 0 Å². The highest BCUT2D eigenvalue weighted by Crippen LogP contribution is 2.41. The molecule has 0 bridgehead atoms. The first kappa shape index (κ1) is 11.6. The van der Waals surface area contributed by atoms with Crippen LogP contribution in [-0.4, -0.2) is 6.54 Å². The molecule has 1 unspecified atom stereocenters. The van der Waals surface area contributed by atoms with Crippen LogP contribution in [-0.2, 0) is 6.54 Å². The Labute approximate surface area is 109 Å². The molecule has 1 saturated carbocycles. The first-order valence-electron chi connectivity index (χ1n) is 6.84. The predicted molar refractivity (Wildman–Crippen MR) is 72.5 cm³/mol. The van der Waals surface area contributed by atoms with Crippen molar-refractivity contribution in [2.75, 3.05) is 6.54 Å². The molecule has 2 heteroatoms. The highest BCUT2D eigenvalue weighted by atomic mass is 35.5. The Balaban J connectivity index is 1.92. The van der Waals surface area contributed by atoms with Gasteiger partial charge in [0, 0.05) is 24.0 Å². The van der Waals surface area contributed by atoms with Gasteiger partial charge >= 0.3 is 0 Å². The number of benzene rings is 1. The summed E-state index contributed by atoms with van der Waals surface area (Å²) in [4.78, 5) is 0. The average Bonchev–Trinajstić information content (AvgIpc) is 2.39. The molecule has 0 saturated heterocycles. The van der Waals surface area contributed by atoms with Gasteiger partial charge in [-0.1, -0.05) is 43.0 Å². The van der Waals surface area contributed by atoms with E-state index in [2.05, 4.69) is 23.5 Å². The third kappa shape index (κ3) is 2.23. The van der Waals surface area contributed by atoms with Crippen molar-refractivity contribution in [3.05, 3.63) is 34.3 Å². The molecule has 3 rings (SSSR count). The highest BCUT2D eigenvalue weighted by Gasteiger charge is 2.30. The van der Waals surface area contributed by atoms with Crippen molar-refractivity contribution in [1.29, 1.82) is 0 Å². The topological polar surface area (TPSA) is 12.0 Å². The van der Waals surface area contributed by atoms with Crippen LogP contribution in [0.2, 0.25) is 5.02 Å². The van der Waals surface area contributed by atoms with E-state index in [1.54, 1.807) is 0 Å². The molecule has 1 heterocycles. The minimum Gasteiger partial charge on any atom is -0.312 e. The number of hydrogen-bond donors (Lipinski definition) is 1. The fraction of sp³-hybridized carbons (Fsp3) is 0.600. The molecule has 92 valence electrons. The van der Waals surface area contributed by atoms with Crippen molar-refractivity contribution < 1.29 is 0 Å². The SMILES string of the molecule is Clc1cccc2c1C(C1CCCCC1)CNC2. The number of halogens is 1. The van der Waals surface area contributed by atoms with Crippen molar-refractivity contribution in [1.82, 2.24) is 5.32 Å². The summed E-state index contributed by atoms with van der Waals surface area (Å²) in [5, 5.41) is 4.54. The number of hydrogen-bond acceptors (Lipinski definition) is 1. The second kappa shape index (κ2) is 4.99. The van der Waals surface area contributed by atoms with Crippen LogP contribution in [0, 0.1) is 5.92 Å². The molecule has 0 radical (unpaired) electrons. The summed E-state index contributed by atoms with van der Waals surface area (Å²) in [6.07, 6.45) is 7.00. The first-order valence-corrected chi connectivity index (χ1v) is 7.22. The van der Waals surface area contributed by atoms with Crippen molar-refractivity contribution in [3.63, 3.8) is 0 Å². The summed E-state index contributed by atoms with van der Waals surface area (Å²) in [5.74, 6) is 1.49. The van der Waals surface area contributed by atoms with E-state index in [-0.39, 0.29) is 0 Å². The van der Waals surface area contributed by atoms with Crippen molar-refractivity contribution >= 4 is 11.6 Å². The third-order valence-corrected chi connectivity index (χ3v) is 4.74. The van der Waals surface area contributed by atoms with E-state index in [0.717, 1.165) is 24.0 Å². The van der Waals surface area contributed by atoms with Gasteiger partial charge in [0.1, 0.15) is 0 Å². The Kier molecular flexibility index (Phi) is 3.39. The summed E-state index contributed by atoms with van der Waals surface area (Å²) < 4.78 is 0. The zero-order valence-corrected chi connectivity index (χ0v) is 11.0. The van der Waals surface area contributed by atoms with Gasteiger partial charge in [-0.2, -0.15) is 0 Å². The van der Waals surface area contributed by atoms with Gasteiger partial charge in [-0.05, 0) is 36.0 Å². The zero-order chi connectivity index (χ0) is 11.7. The molecule has 1 nitrogen and oxygen atoms in total. The second-order valence-corrected chi connectivity index (χ2v) is 5.86. The Hall–Kier alpha value is -0.530. The second-order valence-electron chi connectivity index (χ2n) is 5.45. The molecule has 1 atom stereocenters. The molecule has 17 heavy (non-hydrogen) atoms. The Bertz CT molecular complexity index is 396. The number of fused-ring (bicyclic) bond motifs is 1. The summed E-state index contributed by atoms with van der Waals surface area (Å²) in [7, 11) is 0. The van der Waals surface area contributed by atoms with Gasteiger partial charge in [0.2, 0.25) is 0 Å². The molecule has 2 aliphatic rings. The Morgan fingerprint density at radius 3 is 2.76 bits per heavy atom. The van der Waals surface area contributed by atoms with E-state index in [1.165, 1.54) is 43.2 Å². The average molecular weight is 250 g/mol. The minimum absolute atomic E-state index is 0.646. The normalized spacial score (nSPS) is 25.6. The standard InChI is InChI=1S/C15H20ClN/c16-14-8-4-7-12-9-17-10-13(15(12)14)11-5-2-1-3-6-11/h4,7-8,11,13,17H,1-3,5-6,9-10H2. The van der Waals surface area contributed by atoms with Crippen LogP contribution in [0.3, 0.4) is 0 Å². The maximum atomic E-state index is 6.43. The maximum absolute atomic E-state index is 6.43. The van der Waals surface area contributed by atoms with Crippen molar-refractivity contribution in [3.8, 4) is 0 Å². The molecular formula is C15H20ClN. The molecule has 1 aromatic rings. The molecule has 0 spiro atoms. The van der Waals surface area contributed by atoms with Gasteiger partial charge in [0.05, 0.1) is 0 Å². The quantitative estimate of drug-likeness (QED) is 0.790. The summed E-state index contributed by atoms with van der Waals surface area (Å²) in [5.41, 5.74) is 2.86. The molecule has 0 aromatic heterocycles. The Morgan fingerprint density at radius 2 is 1.94 bits per heavy atom. The summed E-state index contributed by atoms with van der Waals surface area (Å²) >= 11 is 6.43.